The number of hydrazine groups is 1. The fourth-order valence-corrected chi connectivity index (χ4v) is 3.16. The van der Waals surface area contributed by atoms with Gasteiger partial charge in [0.1, 0.15) is 0 Å². The van der Waals surface area contributed by atoms with Crippen molar-refractivity contribution in [3.63, 3.8) is 0 Å². The first-order valence-electron chi connectivity index (χ1n) is 6.56. The van der Waals surface area contributed by atoms with Gasteiger partial charge in [0.25, 0.3) is 0 Å². The van der Waals surface area contributed by atoms with Crippen molar-refractivity contribution < 1.29 is 14.3 Å². The zero-order chi connectivity index (χ0) is 14.5. The maximum Gasteiger partial charge on any atom is 0.426 e. The number of anilines is 1. The Kier molecular flexibility index (Phi) is 4.78. The fourth-order valence-electron chi connectivity index (χ4n) is 2.00. The number of hydrogen-bond acceptors (Lipinski definition) is 5. The van der Waals surface area contributed by atoms with E-state index >= 15 is 0 Å². The number of amides is 3. The van der Waals surface area contributed by atoms with E-state index in [2.05, 4.69) is 32.8 Å². The smallest absolute Gasteiger partial charge is 0.426 e. The molecule has 0 fully saturated rings. The quantitative estimate of drug-likeness (QED) is 0.729. The Balaban J connectivity index is 1.84. The number of aryl methyl sites for hydroxylation is 1. The summed E-state index contributed by atoms with van der Waals surface area (Å²) in [5, 5.41) is 3.15. The highest BCUT2D eigenvalue weighted by Crippen LogP contribution is 2.31. The molecule has 1 aliphatic rings. The molecule has 1 aromatic heterocycles. The van der Waals surface area contributed by atoms with E-state index in [-0.39, 0.29) is 6.61 Å². The number of thiazole rings is 1. The van der Waals surface area contributed by atoms with Gasteiger partial charge < -0.3 is 4.74 Å². The van der Waals surface area contributed by atoms with E-state index in [1.807, 2.05) is 0 Å². The van der Waals surface area contributed by atoms with Crippen LogP contribution in [0.2, 0.25) is 0 Å². The van der Waals surface area contributed by atoms with Gasteiger partial charge in [-0.15, -0.1) is 11.3 Å². The van der Waals surface area contributed by atoms with E-state index < -0.39 is 12.1 Å². The highest BCUT2D eigenvalue weighted by molar-refractivity contribution is 7.15. The summed E-state index contributed by atoms with van der Waals surface area (Å²) in [5.74, 6) is 0.662. The van der Waals surface area contributed by atoms with Gasteiger partial charge in [-0.25, -0.2) is 25.4 Å². The van der Waals surface area contributed by atoms with E-state index in [1.165, 1.54) is 16.2 Å². The summed E-state index contributed by atoms with van der Waals surface area (Å²) < 4.78 is 4.61. The SMILES string of the molecule is CCOC(=O)NNC(=O)Nc1nc2c(s1)CC(C)CC2. The van der Waals surface area contributed by atoms with Crippen LogP contribution in [0.1, 0.15) is 30.8 Å². The van der Waals surface area contributed by atoms with Gasteiger partial charge in [0.05, 0.1) is 12.3 Å². The maximum atomic E-state index is 11.6. The van der Waals surface area contributed by atoms with Crippen LogP contribution in [0, 0.1) is 5.92 Å². The van der Waals surface area contributed by atoms with Crippen LogP contribution < -0.4 is 16.2 Å². The Morgan fingerprint density at radius 1 is 1.45 bits per heavy atom. The van der Waals surface area contributed by atoms with Crippen molar-refractivity contribution in [2.75, 3.05) is 11.9 Å². The molecule has 1 atom stereocenters. The number of hydrogen-bond donors (Lipinski definition) is 3. The van der Waals surface area contributed by atoms with Crippen LogP contribution in [0.5, 0.6) is 0 Å². The van der Waals surface area contributed by atoms with Gasteiger partial charge >= 0.3 is 12.1 Å². The third-order valence-corrected chi connectivity index (χ3v) is 4.00. The third-order valence-electron chi connectivity index (χ3n) is 2.96. The number of urea groups is 1. The Hall–Kier alpha value is -1.83. The molecule has 8 heteroatoms. The summed E-state index contributed by atoms with van der Waals surface area (Å²) >= 11 is 1.48. The zero-order valence-electron chi connectivity index (χ0n) is 11.5. The minimum atomic E-state index is -0.699. The molecule has 0 bridgehead atoms. The fraction of sp³-hybridized carbons (Fsp3) is 0.583. The molecular weight excluding hydrogens is 280 g/mol. The summed E-state index contributed by atoms with van der Waals surface area (Å²) in [7, 11) is 0. The first kappa shape index (κ1) is 14.6. The maximum absolute atomic E-state index is 11.6. The molecule has 7 nitrogen and oxygen atoms in total. The highest BCUT2D eigenvalue weighted by atomic mass is 32.1. The molecule has 1 aliphatic carbocycles. The summed E-state index contributed by atoms with van der Waals surface area (Å²) in [6, 6.07) is -0.544. The standard InChI is InChI=1S/C12H18N4O3S/c1-3-19-12(18)16-15-10(17)14-11-13-8-5-4-7(2)6-9(8)20-11/h7H,3-6H2,1-2H3,(H,16,18)(H2,13,14,15,17). The van der Waals surface area contributed by atoms with Crippen LogP contribution in [0.3, 0.4) is 0 Å². The predicted molar refractivity (Wildman–Crippen MR) is 75.6 cm³/mol. The van der Waals surface area contributed by atoms with Gasteiger partial charge in [-0.1, -0.05) is 6.92 Å². The number of aromatic nitrogens is 1. The predicted octanol–water partition coefficient (Wildman–Crippen LogP) is 2.05. The first-order valence-corrected chi connectivity index (χ1v) is 7.38. The molecular formula is C12H18N4O3S. The lowest BCUT2D eigenvalue weighted by atomic mass is 9.93. The van der Waals surface area contributed by atoms with Crippen molar-refractivity contribution in [1.29, 1.82) is 0 Å². The number of rotatable bonds is 2. The number of nitrogens with zero attached hydrogens (tertiary/aromatic N) is 1. The van der Waals surface area contributed by atoms with E-state index in [1.54, 1.807) is 6.92 Å². The third kappa shape index (κ3) is 3.83. The van der Waals surface area contributed by atoms with Crippen molar-refractivity contribution in [2.45, 2.75) is 33.1 Å². The molecule has 1 heterocycles. The second-order valence-corrected chi connectivity index (χ2v) is 5.75. The van der Waals surface area contributed by atoms with Crippen LogP contribution in [0.25, 0.3) is 0 Å². The van der Waals surface area contributed by atoms with Crippen LogP contribution in [-0.4, -0.2) is 23.7 Å². The second-order valence-electron chi connectivity index (χ2n) is 4.66. The van der Waals surface area contributed by atoms with Crippen LogP contribution in [0.4, 0.5) is 14.7 Å². The lowest BCUT2D eigenvalue weighted by molar-refractivity contribution is 0.148. The minimum Gasteiger partial charge on any atom is -0.449 e. The highest BCUT2D eigenvalue weighted by Gasteiger charge is 2.20. The molecule has 20 heavy (non-hydrogen) atoms. The van der Waals surface area contributed by atoms with Crippen LogP contribution >= 0.6 is 11.3 Å². The summed E-state index contributed by atoms with van der Waals surface area (Å²) in [6.45, 7) is 4.14. The minimum absolute atomic E-state index is 0.243. The summed E-state index contributed by atoms with van der Waals surface area (Å²) in [5.41, 5.74) is 5.39. The van der Waals surface area contributed by atoms with Gasteiger partial charge in [0, 0.05) is 4.88 Å². The van der Waals surface area contributed by atoms with Gasteiger partial charge in [0.15, 0.2) is 5.13 Å². The van der Waals surface area contributed by atoms with Crippen molar-refractivity contribution in [3.8, 4) is 0 Å². The topological polar surface area (TPSA) is 92.4 Å². The number of fused-ring (bicyclic) bond motifs is 1. The molecule has 110 valence electrons. The van der Waals surface area contributed by atoms with Gasteiger partial charge in [-0.05, 0) is 32.1 Å². The van der Waals surface area contributed by atoms with Crippen molar-refractivity contribution in [3.05, 3.63) is 10.6 Å². The molecule has 0 saturated carbocycles. The molecule has 3 amide bonds. The zero-order valence-corrected chi connectivity index (χ0v) is 12.3. The molecule has 0 saturated heterocycles. The van der Waals surface area contributed by atoms with Crippen LogP contribution in [-0.2, 0) is 17.6 Å². The molecule has 2 rings (SSSR count). The van der Waals surface area contributed by atoms with E-state index in [9.17, 15) is 9.59 Å². The normalized spacial score (nSPS) is 17.0. The first-order chi connectivity index (χ1) is 9.58. The number of ether oxygens (including phenoxy) is 1. The summed E-state index contributed by atoms with van der Waals surface area (Å²) in [6.07, 6.45) is 2.40. The molecule has 1 unspecified atom stereocenters. The largest absolute Gasteiger partial charge is 0.449 e. The summed E-state index contributed by atoms with van der Waals surface area (Å²) in [4.78, 5) is 28.2. The molecule has 3 N–H and O–H groups in total. The van der Waals surface area contributed by atoms with E-state index in [4.69, 9.17) is 0 Å². The van der Waals surface area contributed by atoms with Crippen molar-refractivity contribution in [1.82, 2.24) is 15.8 Å². The van der Waals surface area contributed by atoms with Crippen LogP contribution in [0.15, 0.2) is 0 Å². The molecule has 1 aromatic rings. The molecule has 0 aliphatic heterocycles. The Morgan fingerprint density at radius 2 is 2.25 bits per heavy atom. The van der Waals surface area contributed by atoms with E-state index in [0.29, 0.717) is 11.0 Å². The molecule has 0 radical (unpaired) electrons. The van der Waals surface area contributed by atoms with Gasteiger partial charge in [-0.3, -0.25) is 5.32 Å². The average Bonchev–Trinajstić information content (AvgIpc) is 2.78. The Bertz CT molecular complexity index is 503. The monoisotopic (exact) mass is 298 g/mol. The lowest BCUT2D eigenvalue weighted by Crippen LogP contribution is -2.44. The van der Waals surface area contributed by atoms with Crippen molar-refractivity contribution in [2.24, 2.45) is 5.92 Å². The second kappa shape index (κ2) is 6.56. The Morgan fingerprint density at radius 3 is 3.00 bits per heavy atom. The van der Waals surface area contributed by atoms with Crippen molar-refractivity contribution >= 4 is 28.6 Å². The number of carbonyl (C=O) groups is 2. The molecule has 0 spiro atoms. The average molecular weight is 298 g/mol. The van der Waals surface area contributed by atoms with Gasteiger partial charge in [-0.2, -0.15) is 0 Å². The van der Waals surface area contributed by atoms with Gasteiger partial charge in [0.2, 0.25) is 0 Å². The Labute approximate surface area is 121 Å². The number of carbonyl (C=O) groups excluding carboxylic acids is 2. The van der Waals surface area contributed by atoms with E-state index in [0.717, 1.165) is 25.0 Å². The molecule has 0 aromatic carbocycles. The lowest BCUT2D eigenvalue weighted by Gasteiger charge is -2.15. The number of nitrogens with one attached hydrogen (secondary N) is 3.